The Bertz CT molecular complexity index is 1520. The van der Waals surface area contributed by atoms with E-state index in [0.717, 1.165) is 24.2 Å². The second-order valence-corrected chi connectivity index (χ2v) is 10.2. The highest BCUT2D eigenvalue weighted by atomic mass is 16.5. The number of nitrogens with zero attached hydrogens (tertiary/aromatic N) is 7. The molecule has 0 radical (unpaired) electrons. The van der Waals surface area contributed by atoms with Crippen molar-refractivity contribution in [3.63, 3.8) is 0 Å². The molecule has 1 amide bonds. The monoisotopic (exact) mass is 545 g/mol. The second kappa shape index (κ2) is 12.1. The molecule has 4 heterocycles. The van der Waals surface area contributed by atoms with E-state index in [2.05, 4.69) is 32.8 Å². The van der Waals surface area contributed by atoms with Crippen LogP contribution < -0.4 is 9.80 Å². The number of methoxy groups -OCH3 is 1. The number of nitriles is 1. The maximum atomic E-state index is 12.7. The van der Waals surface area contributed by atoms with Crippen LogP contribution in [0.15, 0.2) is 42.7 Å². The van der Waals surface area contributed by atoms with Gasteiger partial charge in [-0.2, -0.15) is 5.26 Å². The van der Waals surface area contributed by atoms with Crippen LogP contribution in [0, 0.1) is 36.0 Å². The lowest BCUT2D eigenvalue weighted by Crippen LogP contribution is -2.54. The van der Waals surface area contributed by atoms with Crippen LogP contribution in [0.2, 0.25) is 0 Å². The highest BCUT2D eigenvalue weighted by molar-refractivity contribution is 5.79. The molecule has 1 saturated heterocycles. The number of carbonyl (C=O) groups is 1. The van der Waals surface area contributed by atoms with Gasteiger partial charge in [-0.25, -0.2) is 15.0 Å². The van der Waals surface area contributed by atoms with Gasteiger partial charge in [-0.05, 0) is 50.1 Å². The molecule has 0 aromatic carbocycles. The molecular weight excluding hydrogens is 514 g/mol. The molecule has 2 aliphatic rings. The Kier molecular flexibility index (Phi) is 8.15. The van der Waals surface area contributed by atoms with E-state index in [9.17, 15) is 10.1 Å². The average molecular weight is 546 g/mol. The third-order valence-corrected chi connectivity index (χ3v) is 7.39. The van der Waals surface area contributed by atoms with E-state index < -0.39 is 0 Å². The SMILES string of the molecule is C#Cc1ccnc(N(c2cc(C#C)ccn2)c2cc(C#N)c(N3CCN(C(=O)CCOC)[C@H](C)C3)nc2C2CC2)c1. The van der Waals surface area contributed by atoms with E-state index in [1.807, 2.05) is 34.9 Å². The number of pyridine rings is 3. The first-order valence-electron chi connectivity index (χ1n) is 13.6. The molecule has 5 rings (SSSR count). The molecule has 1 aliphatic heterocycles. The van der Waals surface area contributed by atoms with Gasteiger partial charge < -0.3 is 14.5 Å². The highest BCUT2D eigenvalue weighted by Crippen LogP contribution is 2.47. The van der Waals surface area contributed by atoms with Crippen molar-refractivity contribution in [2.45, 2.75) is 38.1 Å². The zero-order valence-corrected chi connectivity index (χ0v) is 23.2. The summed E-state index contributed by atoms with van der Waals surface area (Å²) in [6.07, 6.45) is 17.1. The molecule has 0 bridgehead atoms. The lowest BCUT2D eigenvalue weighted by molar-refractivity contribution is -0.134. The van der Waals surface area contributed by atoms with Gasteiger partial charge in [0.05, 0.1) is 30.0 Å². The summed E-state index contributed by atoms with van der Waals surface area (Å²) in [6, 6.07) is 11.3. The van der Waals surface area contributed by atoms with Crippen LogP contribution in [0.3, 0.4) is 0 Å². The van der Waals surface area contributed by atoms with Crippen LogP contribution >= 0.6 is 0 Å². The third-order valence-electron chi connectivity index (χ3n) is 7.39. The molecule has 1 aliphatic carbocycles. The predicted molar refractivity (Wildman–Crippen MR) is 157 cm³/mol. The third kappa shape index (κ3) is 5.84. The fourth-order valence-corrected chi connectivity index (χ4v) is 5.15. The highest BCUT2D eigenvalue weighted by Gasteiger charge is 2.35. The number of piperazine rings is 1. The van der Waals surface area contributed by atoms with Crippen LogP contribution in [0.1, 0.15) is 54.5 Å². The van der Waals surface area contributed by atoms with Gasteiger partial charge in [-0.15, -0.1) is 12.8 Å². The van der Waals surface area contributed by atoms with E-state index in [0.29, 0.717) is 66.8 Å². The van der Waals surface area contributed by atoms with E-state index >= 15 is 0 Å². The lowest BCUT2D eigenvalue weighted by Gasteiger charge is -2.41. The van der Waals surface area contributed by atoms with Crippen LogP contribution in [-0.2, 0) is 9.53 Å². The number of terminal acetylenes is 2. The fraction of sp³-hybridized carbons (Fsp3) is 0.344. The maximum absolute atomic E-state index is 12.7. The zero-order chi connectivity index (χ0) is 28.9. The molecule has 3 aromatic rings. The van der Waals surface area contributed by atoms with Crippen LogP contribution in [0.5, 0.6) is 0 Å². The minimum atomic E-state index is -0.0339. The Morgan fingerprint density at radius 1 is 1.10 bits per heavy atom. The number of aromatic nitrogens is 3. The number of ether oxygens (including phenoxy) is 1. The Hall–Kier alpha value is -4.91. The number of rotatable bonds is 8. The largest absolute Gasteiger partial charge is 0.384 e. The summed E-state index contributed by atoms with van der Waals surface area (Å²) >= 11 is 0. The molecule has 1 atom stereocenters. The second-order valence-electron chi connectivity index (χ2n) is 10.2. The Labute approximate surface area is 240 Å². The number of hydrogen-bond acceptors (Lipinski definition) is 8. The van der Waals surface area contributed by atoms with E-state index in [4.69, 9.17) is 22.6 Å². The van der Waals surface area contributed by atoms with Crippen molar-refractivity contribution in [2.24, 2.45) is 0 Å². The Morgan fingerprint density at radius 2 is 1.76 bits per heavy atom. The summed E-state index contributed by atoms with van der Waals surface area (Å²) < 4.78 is 5.08. The first kappa shape index (κ1) is 27.6. The molecule has 2 fully saturated rings. The van der Waals surface area contributed by atoms with E-state index in [1.165, 1.54) is 0 Å². The van der Waals surface area contributed by atoms with Crippen LogP contribution in [0.4, 0.5) is 23.1 Å². The van der Waals surface area contributed by atoms with Gasteiger partial charge in [0.25, 0.3) is 0 Å². The summed E-state index contributed by atoms with van der Waals surface area (Å²) in [4.78, 5) is 32.9. The van der Waals surface area contributed by atoms with Crippen molar-refractivity contribution in [1.29, 1.82) is 5.26 Å². The topological polar surface area (TPSA) is 98.5 Å². The number of anilines is 4. The fourth-order valence-electron chi connectivity index (χ4n) is 5.15. The normalized spacial score (nSPS) is 16.4. The summed E-state index contributed by atoms with van der Waals surface area (Å²) in [6.45, 7) is 4.12. The average Bonchev–Trinajstić information content (AvgIpc) is 3.85. The Balaban J connectivity index is 1.58. The first-order valence-corrected chi connectivity index (χ1v) is 13.6. The van der Waals surface area contributed by atoms with Crippen molar-refractivity contribution in [1.82, 2.24) is 19.9 Å². The van der Waals surface area contributed by atoms with Crippen molar-refractivity contribution < 1.29 is 9.53 Å². The van der Waals surface area contributed by atoms with E-state index in [1.54, 1.807) is 31.6 Å². The molecule has 0 unspecified atom stereocenters. The Morgan fingerprint density at radius 3 is 2.29 bits per heavy atom. The zero-order valence-electron chi connectivity index (χ0n) is 23.2. The van der Waals surface area contributed by atoms with Gasteiger partial charge in [0, 0.05) is 62.2 Å². The summed E-state index contributed by atoms with van der Waals surface area (Å²) in [7, 11) is 1.59. The number of amides is 1. The van der Waals surface area contributed by atoms with Gasteiger partial charge in [0.1, 0.15) is 23.5 Å². The molecule has 206 valence electrons. The molecule has 0 spiro atoms. The maximum Gasteiger partial charge on any atom is 0.225 e. The summed E-state index contributed by atoms with van der Waals surface area (Å²) in [5, 5.41) is 10.3. The number of carbonyl (C=O) groups excluding carboxylic acids is 1. The van der Waals surface area contributed by atoms with Gasteiger partial charge in [-0.3, -0.25) is 9.69 Å². The van der Waals surface area contributed by atoms with Crippen molar-refractivity contribution in [3.8, 4) is 30.8 Å². The van der Waals surface area contributed by atoms with Crippen molar-refractivity contribution >= 4 is 29.0 Å². The standard InChI is InChI=1S/C32H31N7O2/c1-5-23-9-12-34-28(17-23)39(29-18-24(6-2)10-13-35-29)27-19-26(20-33)32(36-31(27)25-7-8-25)37-14-15-38(22(3)21-37)30(40)11-16-41-4/h1-2,9-10,12-13,17-19,22,25H,7-8,11,14-16,21H2,3-4H3/t22-/m1/s1. The van der Waals surface area contributed by atoms with Gasteiger partial charge in [0.2, 0.25) is 5.91 Å². The molecule has 41 heavy (non-hydrogen) atoms. The van der Waals surface area contributed by atoms with Crippen molar-refractivity contribution in [2.75, 3.05) is 43.2 Å². The number of hydrogen-bond donors (Lipinski definition) is 0. The predicted octanol–water partition coefficient (Wildman–Crippen LogP) is 4.13. The quantitative estimate of drug-likeness (QED) is 0.390. The minimum absolute atomic E-state index is 0.0339. The molecular formula is C32H31N7O2. The van der Waals surface area contributed by atoms with Gasteiger partial charge >= 0.3 is 0 Å². The first-order chi connectivity index (χ1) is 20.0. The van der Waals surface area contributed by atoms with Crippen molar-refractivity contribution in [3.05, 3.63) is 65.1 Å². The lowest BCUT2D eigenvalue weighted by atomic mass is 10.1. The van der Waals surface area contributed by atoms with E-state index in [-0.39, 0.29) is 17.9 Å². The summed E-state index contributed by atoms with van der Waals surface area (Å²) in [5.74, 6) is 7.38. The molecule has 1 saturated carbocycles. The van der Waals surface area contributed by atoms with Crippen LogP contribution in [0.25, 0.3) is 0 Å². The smallest absolute Gasteiger partial charge is 0.225 e. The van der Waals surface area contributed by atoms with Gasteiger partial charge in [-0.1, -0.05) is 11.8 Å². The van der Waals surface area contributed by atoms with Crippen LogP contribution in [-0.4, -0.2) is 65.2 Å². The molecule has 3 aromatic heterocycles. The molecule has 9 heteroatoms. The summed E-state index contributed by atoms with van der Waals surface area (Å²) in [5.41, 5.74) is 3.35. The van der Waals surface area contributed by atoms with Gasteiger partial charge in [0.15, 0.2) is 0 Å². The minimum Gasteiger partial charge on any atom is -0.384 e. The molecule has 9 nitrogen and oxygen atoms in total. The molecule has 0 N–H and O–H groups in total.